The zero-order chi connectivity index (χ0) is 16.7. The summed E-state index contributed by atoms with van der Waals surface area (Å²) in [5.41, 5.74) is 8.58. The van der Waals surface area contributed by atoms with Crippen LogP contribution < -0.4 is 11.1 Å². The van der Waals surface area contributed by atoms with Crippen LogP contribution >= 0.6 is 0 Å². The summed E-state index contributed by atoms with van der Waals surface area (Å²) in [5, 5.41) is 9.56. The van der Waals surface area contributed by atoms with Gasteiger partial charge < -0.3 is 15.3 Å². The molecule has 6 heteroatoms. The van der Waals surface area contributed by atoms with Crippen molar-refractivity contribution in [2.45, 2.75) is 0 Å². The summed E-state index contributed by atoms with van der Waals surface area (Å²) in [5.74, 6) is -0.489. The van der Waals surface area contributed by atoms with Gasteiger partial charge in [0.15, 0.2) is 0 Å². The smallest absolute Gasteiger partial charge is 0.146 e. The normalized spacial score (nSPS) is 11.0. The average molecular weight is 319 g/mol. The van der Waals surface area contributed by atoms with E-state index in [2.05, 4.69) is 9.97 Å². The fraction of sp³-hybridized carbons (Fsp3) is 0. The van der Waals surface area contributed by atoms with E-state index in [-0.39, 0.29) is 5.69 Å². The van der Waals surface area contributed by atoms with Crippen LogP contribution in [0, 0.1) is 11.2 Å². The molecule has 0 fully saturated rings. The van der Waals surface area contributed by atoms with Crippen molar-refractivity contribution >= 4 is 16.7 Å². The minimum atomic E-state index is -0.489. The molecule has 0 bridgehead atoms. The summed E-state index contributed by atoms with van der Waals surface area (Å²) in [7, 11) is 0. The van der Waals surface area contributed by atoms with Gasteiger partial charge in [-0.2, -0.15) is 0 Å². The fourth-order valence-corrected chi connectivity index (χ4v) is 2.79. The van der Waals surface area contributed by atoms with E-state index in [4.69, 9.17) is 11.1 Å². The molecule has 0 spiro atoms. The molecule has 0 saturated heterocycles. The number of halogens is 1. The molecule has 0 saturated carbocycles. The van der Waals surface area contributed by atoms with E-state index >= 15 is 0 Å². The number of aromatic nitrogens is 3. The number of nitrogen functional groups attached to an aromatic ring is 1. The van der Waals surface area contributed by atoms with E-state index in [1.807, 2.05) is 29.0 Å². The average Bonchev–Trinajstić information content (AvgIpc) is 3.09. The maximum atomic E-state index is 13.9. The highest BCUT2D eigenvalue weighted by Crippen LogP contribution is 2.24. The van der Waals surface area contributed by atoms with Crippen molar-refractivity contribution in [1.29, 1.82) is 5.41 Å². The number of hydrogen-bond donors (Lipinski definition) is 3. The Labute approximate surface area is 136 Å². The number of H-pyrrole nitrogens is 1. The third kappa shape index (κ3) is 2.16. The van der Waals surface area contributed by atoms with Crippen molar-refractivity contribution < 1.29 is 4.39 Å². The largest absolute Gasteiger partial charge is 0.396 e. The number of pyridine rings is 2. The Morgan fingerprint density at radius 3 is 2.67 bits per heavy atom. The van der Waals surface area contributed by atoms with Crippen molar-refractivity contribution in [1.82, 2.24) is 14.5 Å². The molecule has 4 aromatic rings. The Morgan fingerprint density at radius 2 is 1.92 bits per heavy atom. The number of hydrogen-bond acceptors (Lipinski definition) is 3. The molecule has 24 heavy (non-hydrogen) atoms. The number of aromatic amines is 1. The van der Waals surface area contributed by atoms with Gasteiger partial charge in [-0.15, -0.1) is 0 Å². The maximum Gasteiger partial charge on any atom is 0.146 e. The van der Waals surface area contributed by atoms with Crippen LogP contribution in [0.25, 0.3) is 27.8 Å². The number of rotatable bonds is 2. The summed E-state index contributed by atoms with van der Waals surface area (Å²) in [6.07, 6.45) is 7.01. The molecule has 0 aliphatic heterocycles. The predicted molar refractivity (Wildman–Crippen MR) is 91.1 cm³/mol. The molecule has 0 aliphatic carbocycles. The van der Waals surface area contributed by atoms with Crippen LogP contribution in [-0.4, -0.2) is 14.5 Å². The molecule has 0 amide bonds. The lowest BCUT2D eigenvalue weighted by Gasteiger charge is -2.12. The molecule has 4 rings (SSSR count). The number of nitrogens with zero attached hydrogens (tertiary/aromatic N) is 2. The zero-order valence-corrected chi connectivity index (χ0v) is 12.6. The summed E-state index contributed by atoms with van der Waals surface area (Å²) < 4.78 is 15.8. The first-order chi connectivity index (χ1) is 11.6. The minimum absolute atomic E-state index is 0.0926. The number of nitrogens with one attached hydrogen (secondary N) is 2. The Kier molecular flexibility index (Phi) is 3.16. The van der Waals surface area contributed by atoms with Gasteiger partial charge in [-0.05, 0) is 35.9 Å². The number of nitrogens with two attached hydrogens (primary N) is 1. The van der Waals surface area contributed by atoms with Crippen LogP contribution in [0.15, 0.2) is 61.2 Å². The van der Waals surface area contributed by atoms with E-state index in [9.17, 15) is 4.39 Å². The second kappa shape index (κ2) is 5.34. The highest BCUT2D eigenvalue weighted by atomic mass is 19.1. The molecule has 118 valence electrons. The second-order valence-electron chi connectivity index (χ2n) is 5.47. The molecule has 4 N–H and O–H groups in total. The highest BCUT2D eigenvalue weighted by Gasteiger charge is 2.12. The monoisotopic (exact) mass is 319 g/mol. The first-order valence-corrected chi connectivity index (χ1v) is 7.38. The Balaban J connectivity index is 2.05. The van der Waals surface area contributed by atoms with Gasteiger partial charge in [-0.3, -0.25) is 10.4 Å². The van der Waals surface area contributed by atoms with Gasteiger partial charge in [-0.1, -0.05) is 6.07 Å². The van der Waals surface area contributed by atoms with Gasteiger partial charge in [-0.25, -0.2) is 4.39 Å². The SMILES string of the molecule is N=c1c(-c2ccc(N)c(F)c2)cn(-c2ccncc2)c2[nH]ccc12. The van der Waals surface area contributed by atoms with E-state index < -0.39 is 5.82 Å². The van der Waals surface area contributed by atoms with Crippen LogP contribution in [0.3, 0.4) is 0 Å². The van der Waals surface area contributed by atoms with Crippen molar-refractivity contribution in [3.8, 4) is 16.8 Å². The van der Waals surface area contributed by atoms with Crippen molar-refractivity contribution in [2.75, 3.05) is 5.73 Å². The first-order valence-electron chi connectivity index (χ1n) is 7.38. The highest BCUT2D eigenvalue weighted by molar-refractivity contribution is 5.83. The summed E-state index contributed by atoms with van der Waals surface area (Å²) in [4.78, 5) is 7.19. The van der Waals surface area contributed by atoms with Crippen molar-refractivity contribution in [2.24, 2.45) is 0 Å². The minimum Gasteiger partial charge on any atom is -0.396 e. The van der Waals surface area contributed by atoms with Gasteiger partial charge in [0, 0.05) is 35.7 Å². The molecular formula is C18H14FN5. The van der Waals surface area contributed by atoms with Gasteiger partial charge in [0.1, 0.15) is 11.5 Å². The Hall–Kier alpha value is -3.41. The summed E-state index contributed by atoms with van der Waals surface area (Å²) in [6, 6.07) is 10.2. The first kappa shape index (κ1) is 14.2. The lowest BCUT2D eigenvalue weighted by atomic mass is 10.0. The maximum absolute atomic E-state index is 13.9. The van der Waals surface area contributed by atoms with Gasteiger partial charge in [0.25, 0.3) is 0 Å². The van der Waals surface area contributed by atoms with Crippen molar-refractivity contribution in [3.05, 3.63) is 72.4 Å². The summed E-state index contributed by atoms with van der Waals surface area (Å²) >= 11 is 0. The van der Waals surface area contributed by atoms with Crippen LogP contribution in [-0.2, 0) is 0 Å². The molecule has 3 aromatic heterocycles. The Bertz CT molecular complexity index is 1100. The quantitative estimate of drug-likeness (QED) is 0.496. The van der Waals surface area contributed by atoms with E-state index in [1.165, 1.54) is 12.1 Å². The number of fused-ring (bicyclic) bond motifs is 1. The third-order valence-corrected chi connectivity index (χ3v) is 4.02. The summed E-state index contributed by atoms with van der Waals surface area (Å²) in [6.45, 7) is 0. The lowest BCUT2D eigenvalue weighted by Crippen LogP contribution is -2.11. The van der Waals surface area contributed by atoms with Crippen LogP contribution in [0.2, 0.25) is 0 Å². The lowest BCUT2D eigenvalue weighted by molar-refractivity contribution is 0.633. The van der Waals surface area contributed by atoms with Crippen LogP contribution in [0.4, 0.5) is 10.1 Å². The van der Waals surface area contributed by atoms with E-state index in [1.54, 1.807) is 24.7 Å². The van der Waals surface area contributed by atoms with E-state index in [0.717, 1.165) is 16.7 Å². The molecule has 0 unspecified atom stereocenters. The third-order valence-electron chi connectivity index (χ3n) is 4.02. The van der Waals surface area contributed by atoms with E-state index in [0.29, 0.717) is 16.5 Å². The molecule has 0 aliphatic rings. The molecule has 0 radical (unpaired) electrons. The topological polar surface area (TPSA) is 83.5 Å². The molecular weight excluding hydrogens is 305 g/mol. The Morgan fingerprint density at radius 1 is 1.12 bits per heavy atom. The van der Waals surface area contributed by atoms with Gasteiger partial charge >= 0.3 is 0 Å². The zero-order valence-electron chi connectivity index (χ0n) is 12.6. The number of benzene rings is 1. The number of anilines is 1. The van der Waals surface area contributed by atoms with Crippen LogP contribution in [0.5, 0.6) is 0 Å². The molecule has 5 nitrogen and oxygen atoms in total. The van der Waals surface area contributed by atoms with Gasteiger partial charge in [0.2, 0.25) is 0 Å². The fourth-order valence-electron chi connectivity index (χ4n) is 2.79. The van der Waals surface area contributed by atoms with Crippen LogP contribution in [0.1, 0.15) is 0 Å². The van der Waals surface area contributed by atoms with Crippen molar-refractivity contribution in [3.63, 3.8) is 0 Å². The molecule has 0 atom stereocenters. The predicted octanol–water partition coefficient (Wildman–Crippen LogP) is 3.22. The molecule has 1 aromatic carbocycles. The second-order valence-corrected chi connectivity index (χ2v) is 5.47. The van der Waals surface area contributed by atoms with Gasteiger partial charge in [0.05, 0.1) is 16.7 Å². The molecule has 3 heterocycles. The standard InChI is InChI=1S/C18H14FN5/c19-15-9-11(1-2-16(15)20)14-10-24(12-3-6-22-7-4-12)18-13(17(14)21)5-8-23-18/h1-10,21,23H,20H2.